The highest BCUT2D eigenvalue weighted by molar-refractivity contribution is 7.10. The Hall–Kier alpha value is -3.06. The molecule has 0 saturated carbocycles. The average molecular weight is 412 g/mol. The van der Waals surface area contributed by atoms with Crippen molar-refractivity contribution in [2.24, 2.45) is 0 Å². The minimum absolute atomic E-state index is 0.0397. The van der Waals surface area contributed by atoms with Gasteiger partial charge in [-0.15, -0.1) is 11.3 Å². The highest BCUT2D eigenvalue weighted by Gasteiger charge is 2.18. The van der Waals surface area contributed by atoms with Gasteiger partial charge in [-0.2, -0.15) is 5.10 Å². The largest absolute Gasteiger partial charge is 0.493 e. The van der Waals surface area contributed by atoms with Crippen LogP contribution in [-0.2, 0) is 4.79 Å². The number of nitrogens with one attached hydrogen (secondary N) is 1. The van der Waals surface area contributed by atoms with E-state index in [0.29, 0.717) is 18.0 Å². The van der Waals surface area contributed by atoms with Crippen LogP contribution in [0, 0.1) is 13.8 Å². The van der Waals surface area contributed by atoms with Crippen molar-refractivity contribution in [3.63, 3.8) is 0 Å². The predicted octanol–water partition coefficient (Wildman–Crippen LogP) is 4.00. The smallest absolute Gasteiger partial charge is 0.244 e. The maximum Gasteiger partial charge on any atom is 0.244 e. The first-order valence-electron chi connectivity index (χ1n) is 9.26. The normalized spacial score (nSPS) is 12.1. The number of methoxy groups -OCH3 is 2. The highest BCUT2D eigenvalue weighted by Crippen LogP contribution is 2.28. The molecule has 3 rings (SSSR count). The number of rotatable bonds is 8. The van der Waals surface area contributed by atoms with Crippen LogP contribution >= 0.6 is 11.3 Å². The summed E-state index contributed by atoms with van der Waals surface area (Å²) in [5, 5.41) is 9.63. The van der Waals surface area contributed by atoms with E-state index in [1.54, 1.807) is 31.6 Å². The summed E-state index contributed by atoms with van der Waals surface area (Å²) in [6, 6.07) is 11.6. The Balaban J connectivity index is 1.69. The molecule has 1 unspecified atom stereocenters. The Labute approximate surface area is 174 Å². The van der Waals surface area contributed by atoms with Crippen LogP contribution in [0.4, 0.5) is 0 Å². The summed E-state index contributed by atoms with van der Waals surface area (Å²) in [5.74, 6) is 1.11. The first kappa shape index (κ1) is 20.7. The Kier molecular flexibility index (Phi) is 6.72. The Morgan fingerprint density at radius 3 is 2.62 bits per heavy atom. The molecule has 0 bridgehead atoms. The molecule has 7 heteroatoms. The maximum atomic E-state index is 12.4. The molecule has 2 aromatic heterocycles. The van der Waals surface area contributed by atoms with Crippen molar-refractivity contribution >= 4 is 23.3 Å². The lowest BCUT2D eigenvalue weighted by Crippen LogP contribution is -2.30. The summed E-state index contributed by atoms with van der Waals surface area (Å²) in [7, 11) is 3.18. The van der Waals surface area contributed by atoms with E-state index in [-0.39, 0.29) is 11.9 Å². The number of carbonyl (C=O) groups is 1. The molecule has 3 aromatic rings. The molecule has 29 heavy (non-hydrogen) atoms. The minimum atomic E-state index is -0.164. The standard InChI is InChI=1S/C22H25N3O3S/c1-15-12-16(2)25(24-15)18(21-6-5-11-29-21)14-23-22(26)10-8-17-7-9-19(27-3)20(13-17)28-4/h5-13,18H,14H2,1-4H3,(H,23,26)/b10-8+. The van der Waals surface area contributed by atoms with E-state index in [0.717, 1.165) is 21.8 Å². The van der Waals surface area contributed by atoms with Crippen LogP contribution in [0.25, 0.3) is 6.08 Å². The molecule has 1 aromatic carbocycles. The Morgan fingerprint density at radius 1 is 1.21 bits per heavy atom. The van der Waals surface area contributed by atoms with E-state index in [2.05, 4.69) is 16.5 Å². The number of ether oxygens (including phenoxy) is 2. The number of aryl methyl sites for hydroxylation is 2. The number of benzene rings is 1. The first-order chi connectivity index (χ1) is 14.0. The molecule has 152 valence electrons. The SMILES string of the molecule is COc1ccc(/C=C/C(=O)NCC(c2cccs2)n2nc(C)cc2C)cc1OC. The van der Waals surface area contributed by atoms with Crippen LogP contribution in [0.1, 0.15) is 27.9 Å². The van der Waals surface area contributed by atoms with Gasteiger partial charge >= 0.3 is 0 Å². The average Bonchev–Trinajstić information content (AvgIpc) is 3.36. The molecular weight excluding hydrogens is 386 g/mol. The fourth-order valence-electron chi connectivity index (χ4n) is 3.13. The van der Waals surface area contributed by atoms with Gasteiger partial charge in [-0.05, 0) is 55.1 Å². The summed E-state index contributed by atoms with van der Waals surface area (Å²) >= 11 is 1.66. The third-order valence-electron chi connectivity index (χ3n) is 4.52. The van der Waals surface area contributed by atoms with Gasteiger partial charge < -0.3 is 14.8 Å². The highest BCUT2D eigenvalue weighted by atomic mass is 32.1. The maximum absolute atomic E-state index is 12.4. The molecule has 0 saturated heterocycles. The first-order valence-corrected chi connectivity index (χ1v) is 10.1. The van der Waals surface area contributed by atoms with Crippen molar-refractivity contribution in [3.8, 4) is 11.5 Å². The second-order valence-corrected chi connectivity index (χ2v) is 7.58. The van der Waals surface area contributed by atoms with Crippen molar-refractivity contribution in [1.29, 1.82) is 0 Å². The third-order valence-corrected chi connectivity index (χ3v) is 5.49. The number of amides is 1. The van der Waals surface area contributed by atoms with Gasteiger partial charge in [-0.1, -0.05) is 12.1 Å². The molecule has 0 aliphatic rings. The topological polar surface area (TPSA) is 65.4 Å². The van der Waals surface area contributed by atoms with Gasteiger partial charge in [0.05, 0.1) is 19.9 Å². The second kappa shape index (κ2) is 9.43. The fraction of sp³-hybridized carbons (Fsp3) is 0.273. The molecule has 0 aliphatic heterocycles. The predicted molar refractivity (Wildman–Crippen MR) is 116 cm³/mol. The molecule has 0 fully saturated rings. The Morgan fingerprint density at radius 2 is 2.00 bits per heavy atom. The van der Waals surface area contributed by atoms with Gasteiger partial charge in [0.1, 0.15) is 6.04 Å². The Bertz CT molecular complexity index is 993. The number of nitrogens with zero attached hydrogens (tertiary/aromatic N) is 2. The van der Waals surface area contributed by atoms with E-state index in [9.17, 15) is 4.79 Å². The number of hydrogen-bond acceptors (Lipinski definition) is 5. The zero-order valence-electron chi connectivity index (χ0n) is 17.0. The molecule has 1 atom stereocenters. The molecule has 0 spiro atoms. The van der Waals surface area contributed by atoms with Gasteiger partial charge in [0.2, 0.25) is 5.91 Å². The van der Waals surface area contributed by atoms with Crippen LogP contribution in [0.3, 0.4) is 0 Å². The van der Waals surface area contributed by atoms with Crippen LogP contribution in [-0.4, -0.2) is 36.5 Å². The van der Waals surface area contributed by atoms with Crippen molar-refractivity contribution in [2.45, 2.75) is 19.9 Å². The van der Waals surface area contributed by atoms with Gasteiger partial charge in [0.15, 0.2) is 11.5 Å². The molecule has 0 radical (unpaired) electrons. The fourth-order valence-corrected chi connectivity index (χ4v) is 3.95. The van der Waals surface area contributed by atoms with Crippen LogP contribution in [0.15, 0.2) is 47.9 Å². The lowest BCUT2D eigenvalue weighted by atomic mass is 10.2. The minimum Gasteiger partial charge on any atom is -0.493 e. The van der Waals surface area contributed by atoms with E-state index in [4.69, 9.17) is 9.47 Å². The number of aromatic nitrogens is 2. The molecule has 1 amide bonds. The summed E-state index contributed by atoms with van der Waals surface area (Å²) in [4.78, 5) is 13.6. The molecule has 0 aliphatic carbocycles. The van der Waals surface area contributed by atoms with Crippen molar-refractivity contribution < 1.29 is 14.3 Å². The van der Waals surface area contributed by atoms with Crippen LogP contribution < -0.4 is 14.8 Å². The van der Waals surface area contributed by atoms with Crippen LogP contribution in [0.5, 0.6) is 11.5 Å². The van der Waals surface area contributed by atoms with Crippen molar-refractivity contribution in [1.82, 2.24) is 15.1 Å². The van der Waals surface area contributed by atoms with Crippen LogP contribution in [0.2, 0.25) is 0 Å². The van der Waals surface area contributed by atoms with E-state index >= 15 is 0 Å². The molecular formula is C22H25N3O3S. The second-order valence-electron chi connectivity index (χ2n) is 6.60. The zero-order valence-corrected chi connectivity index (χ0v) is 17.8. The molecule has 6 nitrogen and oxygen atoms in total. The zero-order chi connectivity index (χ0) is 20.8. The van der Waals surface area contributed by atoms with Gasteiger partial charge in [-0.25, -0.2) is 0 Å². The number of thiophene rings is 1. The van der Waals surface area contributed by atoms with Crippen molar-refractivity contribution in [2.75, 3.05) is 20.8 Å². The summed E-state index contributed by atoms with van der Waals surface area (Å²) in [6.07, 6.45) is 3.27. The summed E-state index contributed by atoms with van der Waals surface area (Å²) in [6.45, 7) is 4.45. The van der Waals surface area contributed by atoms with E-state index in [1.807, 2.05) is 54.2 Å². The lowest BCUT2D eigenvalue weighted by Gasteiger charge is -2.18. The summed E-state index contributed by atoms with van der Waals surface area (Å²) < 4.78 is 12.5. The van der Waals surface area contributed by atoms with Gasteiger partial charge in [0, 0.05) is 23.2 Å². The van der Waals surface area contributed by atoms with Crippen molar-refractivity contribution in [3.05, 3.63) is 69.7 Å². The van der Waals surface area contributed by atoms with Gasteiger partial charge in [0.25, 0.3) is 0 Å². The number of carbonyl (C=O) groups excluding carboxylic acids is 1. The van der Waals surface area contributed by atoms with E-state index < -0.39 is 0 Å². The molecule has 2 heterocycles. The van der Waals surface area contributed by atoms with E-state index in [1.165, 1.54) is 6.08 Å². The summed E-state index contributed by atoms with van der Waals surface area (Å²) in [5.41, 5.74) is 2.88. The van der Waals surface area contributed by atoms with Gasteiger partial charge in [-0.3, -0.25) is 9.48 Å². The lowest BCUT2D eigenvalue weighted by molar-refractivity contribution is -0.116. The third kappa shape index (κ3) is 5.06. The quantitative estimate of drug-likeness (QED) is 0.569. The monoisotopic (exact) mass is 411 g/mol. The number of hydrogen-bond donors (Lipinski definition) is 1. The molecule has 1 N–H and O–H groups in total.